The predicted molar refractivity (Wildman–Crippen MR) is 48.0 cm³/mol. The first kappa shape index (κ1) is 14.3. The molecule has 1 aromatic rings. The van der Waals surface area contributed by atoms with Crippen molar-refractivity contribution >= 4 is 5.97 Å². The topological polar surface area (TPSA) is 26.3 Å². The smallest absolute Gasteiger partial charge is 0.410 e. The van der Waals surface area contributed by atoms with Gasteiger partial charge in [0.1, 0.15) is 5.75 Å². The van der Waals surface area contributed by atoms with E-state index in [4.69, 9.17) is 0 Å². The molecule has 0 heterocycles. The molecule has 0 saturated heterocycles. The van der Waals surface area contributed by atoms with Gasteiger partial charge in [0, 0.05) is 0 Å². The summed E-state index contributed by atoms with van der Waals surface area (Å²) in [5.74, 6) is -14.6. The third-order valence-electron chi connectivity index (χ3n) is 1.90. The summed E-state index contributed by atoms with van der Waals surface area (Å²) in [5, 5.41) is 0. The van der Waals surface area contributed by atoms with Crippen molar-refractivity contribution in [3.63, 3.8) is 0 Å². The summed E-state index contributed by atoms with van der Waals surface area (Å²) in [6, 6.07) is 6.09. The highest BCUT2D eigenvalue weighted by atomic mass is 19.3. The molecule has 1 rings (SSSR count). The molecule has 0 aliphatic rings. The largest absolute Gasteiger partial charge is 0.422 e. The van der Waals surface area contributed by atoms with E-state index in [0.717, 1.165) is 12.1 Å². The van der Waals surface area contributed by atoms with E-state index in [-0.39, 0.29) is 0 Å². The van der Waals surface area contributed by atoms with Crippen molar-refractivity contribution in [1.29, 1.82) is 0 Å². The van der Waals surface area contributed by atoms with Crippen molar-refractivity contribution in [1.82, 2.24) is 0 Å². The number of alkyl halides is 6. The first-order chi connectivity index (χ1) is 8.19. The summed E-state index contributed by atoms with van der Waals surface area (Å²) in [5.41, 5.74) is 0. The van der Waals surface area contributed by atoms with Gasteiger partial charge in [0.05, 0.1) is 0 Å². The molecular formula is C10H6F6O2. The summed E-state index contributed by atoms with van der Waals surface area (Å²) in [6.07, 6.45) is -4.68. The second-order valence-electron chi connectivity index (χ2n) is 3.20. The van der Waals surface area contributed by atoms with Gasteiger partial charge in [0.25, 0.3) is 0 Å². The molecule has 0 fully saturated rings. The van der Waals surface area contributed by atoms with Gasteiger partial charge in [-0.05, 0) is 12.1 Å². The maximum absolute atomic E-state index is 12.8. The van der Waals surface area contributed by atoms with Crippen LogP contribution in [0.2, 0.25) is 0 Å². The van der Waals surface area contributed by atoms with E-state index in [9.17, 15) is 31.1 Å². The summed E-state index contributed by atoms with van der Waals surface area (Å²) in [7, 11) is 0. The molecule has 0 radical (unpaired) electrons. The van der Waals surface area contributed by atoms with Gasteiger partial charge >= 0.3 is 24.2 Å². The second-order valence-corrected chi connectivity index (χ2v) is 3.20. The zero-order chi connectivity index (χ0) is 14.0. The third-order valence-corrected chi connectivity index (χ3v) is 1.90. The zero-order valence-corrected chi connectivity index (χ0v) is 8.55. The summed E-state index contributed by atoms with van der Waals surface area (Å²) >= 11 is 0. The molecule has 2 nitrogen and oxygen atoms in total. The normalized spacial score (nSPS) is 12.6. The van der Waals surface area contributed by atoms with Gasteiger partial charge in [-0.2, -0.15) is 17.6 Å². The number of esters is 1. The molecule has 1 aromatic carbocycles. The molecule has 0 spiro atoms. The average Bonchev–Trinajstić information content (AvgIpc) is 2.29. The molecule has 0 aliphatic heterocycles. The molecule has 0 aromatic heterocycles. The van der Waals surface area contributed by atoms with Crippen LogP contribution in [0.4, 0.5) is 26.3 Å². The maximum Gasteiger partial charge on any atom is 0.410 e. The Morgan fingerprint density at radius 2 is 1.56 bits per heavy atom. The van der Waals surface area contributed by atoms with Crippen LogP contribution in [0.5, 0.6) is 5.75 Å². The summed E-state index contributed by atoms with van der Waals surface area (Å²) in [4.78, 5) is 10.8. The van der Waals surface area contributed by atoms with E-state index in [1.165, 1.54) is 18.2 Å². The van der Waals surface area contributed by atoms with Crippen molar-refractivity contribution in [3.8, 4) is 5.75 Å². The fourth-order valence-corrected chi connectivity index (χ4v) is 0.933. The Morgan fingerprint density at radius 3 is 2.00 bits per heavy atom. The molecule has 0 saturated carbocycles. The average molecular weight is 272 g/mol. The minimum atomic E-state index is -5.79. The summed E-state index contributed by atoms with van der Waals surface area (Å²) in [6.45, 7) is 0. The minimum Gasteiger partial charge on any atom is -0.422 e. The lowest BCUT2D eigenvalue weighted by atomic mass is 10.2. The fraction of sp³-hybridized carbons (Fsp3) is 0.300. The Bertz CT molecular complexity index is 418. The van der Waals surface area contributed by atoms with E-state index < -0.39 is 30.0 Å². The molecular weight excluding hydrogens is 266 g/mol. The Kier molecular flexibility index (Phi) is 3.88. The van der Waals surface area contributed by atoms with Crippen LogP contribution >= 0.6 is 0 Å². The lowest BCUT2D eigenvalue weighted by Crippen LogP contribution is -2.53. The van der Waals surface area contributed by atoms with Crippen molar-refractivity contribution in [2.24, 2.45) is 0 Å². The molecule has 0 aliphatic carbocycles. The van der Waals surface area contributed by atoms with Crippen LogP contribution in [0, 0.1) is 0 Å². The van der Waals surface area contributed by atoms with Crippen LogP contribution < -0.4 is 4.74 Å². The molecule has 0 unspecified atom stereocenters. The lowest BCUT2D eigenvalue weighted by molar-refractivity contribution is -0.261. The quantitative estimate of drug-likeness (QED) is 0.478. The standard InChI is InChI=1S/C10H6F6O2/c11-7(12)9(13,14)10(15,16)8(17)18-6-4-2-1-3-5-6/h1-5,7H. The highest BCUT2D eigenvalue weighted by molar-refractivity contribution is 5.81. The minimum absolute atomic E-state index is 0.452. The van der Waals surface area contributed by atoms with Gasteiger partial charge in [0.15, 0.2) is 0 Å². The number of hydrogen-bond acceptors (Lipinski definition) is 2. The Balaban J connectivity index is 2.90. The van der Waals surface area contributed by atoms with Crippen molar-refractivity contribution < 1.29 is 35.9 Å². The second kappa shape index (κ2) is 4.87. The molecule has 0 amide bonds. The van der Waals surface area contributed by atoms with Crippen LogP contribution in [0.25, 0.3) is 0 Å². The van der Waals surface area contributed by atoms with E-state index in [1.54, 1.807) is 0 Å². The van der Waals surface area contributed by atoms with Crippen LogP contribution in [0.15, 0.2) is 30.3 Å². The van der Waals surface area contributed by atoms with E-state index in [2.05, 4.69) is 4.74 Å². The Morgan fingerprint density at radius 1 is 1.06 bits per heavy atom. The van der Waals surface area contributed by atoms with Crippen LogP contribution in [-0.2, 0) is 4.79 Å². The van der Waals surface area contributed by atoms with Crippen molar-refractivity contribution in [2.45, 2.75) is 18.3 Å². The summed E-state index contributed by atoms with van der Waals surface area (Å²) < 4.78 is 78.1. The van der Waals surface area contributed by atoms with Gasteiger partial charge in [-0.1, -0.05) is 18.2 Å². The molecule has 0 bridgehead atoms. The molecule has 18 heavy (non-hydrogen) atoms. The van der Waals surface area contributed by atoms with Gasteiger partial charge in [-0.3, -0.25) is 0 Å². The predicted octanol–water partition coefficient (Wildman–Crippen LogP) is 3.13. The van der Waals surface area contributed by atoms with E-state index in [0.29, 0.717) is 0 Å². The highest BCUT2D eigenvalue weighted by Gasteiger charge is 2.68. The van der Waals surface area contributed by atoms with Gasteiger partial charge in [-0.15, -0.1) is 0 Å². The fourth-order valence-electron chi connectivity index (χ4n) is 0.933. The van der Waals surface area contributed by atoms with E-state index in [1.807, 2.05) is 0 Å². The van der Waals surface area contributed by atoms with E-state index >= 15 is 0 Å². The van der Waals surface area contributed by atoms with Crippen molar-refractivity contribution in [3.05, 3.63) is 30.3 Å². The van der Waals surface area contributed by atoms with Gasteiger partial charge in [-0.25, -0.2) is 13.6 Å². The number of carbonyl (C=O) groups is 1. The van der Waals surface area contributed by atoms with Crippen molar-refractivity contribution in [2.75, 3.05) is 0 Å². The Labute approximate surface area is 97.2 Å². The Hall–Kier alpha value is -1.73. The van der Waals surface area contributed by atoms with Crippen LogP contribution in [0.1, 0.15) is 0 Å². The molecule has 100 valence electrons. The van der Waals surface area contributed by atoms with Crippen LogP contribution in [0.3, 0.4) is 0 Å². The number of ether oxygens (including phenoxy) is 1. The number of benzene rings is 1. The van der Waals surface area contributed by atoms with Gasteiger partial charge < -0.3 is 4.74 Å². The first-order valence-corrected chi connectivity index (χ1v) is 4.50. The molecule has 0 N–H and O–H groups in total. The third kappa shape index (κ3) is 2.57. The number of hydrogen-bond donors (Lipinski definition) is 0. The number of halogens is 6. The van der Waals surface area contributed by atoms with Crippen LogP contribution in [-0.4, -0.2) is 24.2 Å². The SMILES string of the molecule is O=C(Oc1ccccc1)C(F)(F)C(F)(F)C(F)F. The number of para-hydroxylation sites is 1. The maximum atomic E-state index is 12.8. The molecule has 0 atom stereocenters. The first-order valence-electron chi connectivity index (χ1n) is 4.50. The monoisotopic (exact) mass is 272 g/mol. The lowest BCUT2D eigenvalue weighted by Gasteiger charge is -2.23. The highest BCUT2D eigenvalue weighted by Crippen LogP contribution is 2.40. The molecule has 8 heteroatoms. The van der Waals surface area contributed by atoms with Gasteiger partial charge in [0.2, 0.25) is 0 Å². The number of rotatable bonds is 4. The zero-order valence-electron chi connectivity index (χ0n) is 8.55. The number of carbonyl (C=O) groups excluding carboxylic acids is 1.